The molecule has 0 radical (unpaired) electrons. The lowest BCUT2D eigenvalue weighted by atomic mass is 10.1. The Balaban J connectivity index is 1.68. The van der Waals surface area contributed by atoms with Crippen LogP contribution in [0.4, 0.5) is 0 Å². The topological polar surface area (TPSA) is 38.8 Å². The van der Waals surface area contributed by atoms with Crippen molar-refractivity contribution in [3.8, 4) is 0 Å². The SMILES string of the molecule is C=CCO[C@@H]1CC[C@H]2[C@H]1OCCN2C(=O)C1=CCCC1. The molecule has 1 saturated heterocycles. The summed E-state index contributed by atoms with van der Waals surface area (Å²) in [4.78, 5) is 14.6. The van der Waals surface area contributed by atoms with E-state index in [1.165, 1.54) is 0 Å². The summed E-state index contributed by atoms with van der Waals surface area (Å²) < 4.78 is 11.7. The number of rotatable bonds is 4. The van der Waals surface area contributed by atoms with Crippen LogP contribution in [0.5, 0.6) is 0 Å². The Morgan fingerprint density at radius 3 is 3.20 bits per heavy atom. The smallest absolute Gasteiger partial charge is 0.249 e. The standard InChI is InChI=1S/C16H23NO3/c1-2-10-19-14-8-7-13-15(14)20-11-9-17(13)16(18)12-5-3-4-6-12/h2,5,13-15H,1,3-4,6-11H2/t13-,14+,15+/m0/s1. The molecule has 3 atom stereocenters. The molecule has 1 saturated carbocycles. The number of hydrogen-bond donors (Lipinski definition) is 0. The average molecular weight is 277 g/mol. The normalized spacial score (nSPS) is 32.9. The van der Waals surface area contributed by atoms with Crippen molar-refractivity contribution in [1.29, 1.82) is 0 Å². The van der Waals surface area contributed by atoms with Crippen LogP contribution in [0.1, 0.15) is 32.1 Å². The molecule has 2 aliphatic carbocycles. The highest BCUT2D eigenvalue weighted by atomic mass is 16.5. The molecule has 4 nitrogen and oxygen atoms in total. The van der Waals surface area contributed by atoms with E-state index in [0.29, 0.717) is 19.8 Å². The van der Waals surface area contributed by atoms with E-state index in [1.807, 2.05) is 4.90 Å². The Kier molecular flexibility index (Phi) is 4.22. The number of carbonyl (C=O) groups is 1. The van der Waals surface area contributed by atoms with E-state index in [-0.39, 0.29) is 24.2 Å². The van der Waals surface area contributed by atoms with Gasteiger partial charge in [0.2, 0.25) is 5.91 Å². The van der Waals surface area contributed by atoms with Crippen molar-refractivity contribution < 1.29 is 14.3 Å². The van der Waals surface area contributed by atoms with E-state index >= 15 is 0 Å². The average Bonchev–Trinajstić information content (AvgIpc) is 3.13. The van der Waals surface area contributed by atoms with Crippen LogP contribution in [-0.2, 0) is 14.3 Å². The summed E-state index contributed by atoms with van der Waals surface area (Å²) in [6.45, 7) is 5.57. The zero-order valence-electron chi connectivity index (χ0n) is 11.9. The van der Waals surface area contributed by atoms with Gasteiger partial charge in [0.05, 0.1) is 25.4 Å². The molecule has 2 fully saturated rings. The summed E-state index contributed by atoms with van der Waals surface area (Å²) in [7, 11) is 0. The Morgan fingerprint density at radius 1 is 1.55 bits per heavy atom. The number of morpholine rings is 1. The largest absolute Gasteiger partial charge is 0.372 e. The molecule has 0 aromatic carbocycles. The van der Waals surface area contributed by atoms with E-state index in [4.69, 9.17) is 9.47 Å². The lowest BCUT2D eigenvalue weighted by Gasteiger charge is -2.39. The fourth-order valence-electron chi connectivity index (χ4n) is 3.59. The third kappa shape index (κ3) is 2.54. The molecule has 4 heteroatoms. The molecule has 3 aliphatic rings. The third-order valence-corrected chi connectivity index (χ3v) is 4.54. The highest BCUT2D eigenvalue weighted by Gasteiger charge is 2.45. The lowest BCUT2D eigenvalue weighted by Crippen LogP contribution is -2.54. The summed E-state index contributed by atoms with van der Waals surface area (Å²) in [6.07, 6.45) is 9.05. The number of nitrogens with zero attached hydrogens (tertiary/aromatic N) is 1. The molecule has 0 bridgehead atoms. The van der Waals surface area contributed by atoms with Crippen LogP contribution in [0, 0.1) is 0 Å². The minimum absolute atomic E-state index is 0.0367. The Bertz CT molecular complexity index is 418. The van der Waals surface area contributed by atoms with E-state index in [1.54, 1.807) is 6.08 Å². The Morgan fingerprint density at radius 2 is 2.45 bits per heavy atom. The minimum Gasteiger partial charge on any atom is -0.372 e. The zero-order chi connectivity index (χ0) is 13.9. The van der Waals surface area contributed by atoms with E-state index in [9.17, 15) is 4.79 Å². The van der Waals surface area contributed by atoms with Gasteiger partial charge in [-0.3, -0.25) is 4.79 Å². The molecule has 0 aromatic rings. The van der Waals surface area contributed by atoms with Gasteiger partial charge in [-0.2, -0.15) is 0 Å². The monoisotopic (exact) mass is 277 g/mol. The molecular weight excluding hydrogens is 254 g/mol. The molecule has 0 spiro atoms. The van der Waals surface area contributed by atoms with Gasteiger partial charge in [0.15, 0.2) is 0 Å². The number of amides is 1. The van der Waals surface area contributed by atoms with Crippen molar-refractivity contribution in [2.45, 2.75) is 50.4 Å². The van der Waals surface area contributed by atoms with Gasteiger partial charge in [0, 0.05) is 12.1 Å². The minimum atomic E-state index is 0.0367. The van der Waals surface area contributed by atoms with Crippen LogP contribution >= 0.6 is 0 Å². The molecule has 0 aromatic heterocycles. The lowest BCUT2D eigenvalue weighted by molar-refractivity contribution is -0.147. The molecule has 3 rings (SSSR count). The summed E-state index contributed by atoms with van der Waals surface area (Å²) in [5, 5.41) is 0. The second kappa shape index (κ2) is 6.10. The first-order chi connectivity index (χ1) is 9.81. The molecule has 110 valence electrons. The number of fused-ring (bicyclic) bond motifs is 1. The van der Waals surface area contributed by atoms with Crippen molar-refractivity contribution in [2.75, 3.05) is 19.8 Å². The maximum atomic E-state index is 12.6. The summed E-state index contributed by atoms with van der Waals surface area (Å²) in [5.41, 5.74) is 1.00. The zero-order valence-corrected chi connectivity index (χ0v) is 11.9. The van der Waals surface area contributed by atoms with E-state index < -0.39 is 0 Å². The van der Waals surface area contributed by atoms with Gasteiger partial charge in [0.1, 0.15) is 6.10 Å². The summed E-state index contributed by atoms with van der Waals surface area (Å²) in [5.74, 6) is 0.227. The first-order valence-electron chi connectivity index (χ1n) is 7.65. The van der Waals surface area contributed by atoms with Gasteiger partial charge in [-0.15, -0.1) is 6.58 Å². The molecule has 1 heterocycles. The van der Waals surface area contributed by atoms with Crippen molar-refractivity contribution in [3.63, 3.8) is 0 Å². The van der Waals surface area contributed by atoms with Gasteiger partial charge in [0.25, 0.3) is 0 Å². The Hall–Kier alpha value is -1.13. The fourth-order valence-corrected chi connectivity index (χ4v) is 3.59. The van der Waals surface area contributed by atoms with Gasteiger partial charge in [-0.05, 0) is 32.1 Å². The number of hydrogen-bond acceptors (Lipinski definition) is 3. The van der Waals surface area contributed by atoms with Crippen LogP contribution in [-0.4, -0.2) is 48.8 Å². The second-order valence-corrected chi connectivity index (χ2v) is 5.76. The molecule has 0 N–H and O–H groups in total. The van der Waals surface area contributed by atoms with E-state index in [0.717, 1.165) is 37.7 Å². The third-order valence-electron chi connectivity index (χ3n) is 4.54. The van der Waals surface area contributed by atoms with Crippen molar-refractivity contribution in [1.82, 2.24) is 4.90 Å². The predicted molar refractivity (Wildman–Crippen MR) is 76.3 cm³/mol. The van der Waals surface area contributed by atoms with Crippen molar-refractivity contribution in [2.24, 2.45) is 0 Å². The van der Waals surface area contributed by atoms with Crippen LogP contribution in [0.3, 0.4) is 0 Å². The van der Waals surface area contributed by atoms with Gasteiger partial charge < -0.3 is 14.4 Å². The van der Waals surface area contributed by atoms with E-state index in [2.05, 4.69) is 12.7 Å². The fraction of sp³-hybridized carbons (Fsp3) is 0.688. The maximum Gasteiger partial charge on any atom is 0.249 e. The van der Waals surface area contributed by atoms with Crippen molar-refractivity contribution in [3.05, 3.63) is 24.3 Å². The van der Waals surface area contributed by atoms with Gasteiger partial charge in [-0.1, -0.05) is 12.2 Å². The summed E-state index contributed by atoms with van der Waals surface area (Å²) >= 11 is 0. The quantitative estimate of drug-likeness (QED) is 0.738. The number of allylic oxidation sites excluding steroid dienone is 1. The molecule has 1 amide bonds. The predicted octanol–water partition coefficient (Wildman–Crippen LogP) is 2.06. The first kappa shape index (κ1) is 13.8. The second-order valence-electron chi connectivity index (χ2n) is 5.76. The first-order valence-corrected chi connectivity index (χ1v) is 7.65. The van der Waals surface area contributed by atoms with Gasteiger partial charge in [-0.25, -0.2) is 0 Å². The van der Waals surface area contributed by atoms with Crippen molar-refractivity contribution >= 4 is 5.91 Å². The maximum absolute atomic E-state index is 12.6. The molecule has 1 aliphatic heterocycles. The highest BCUT2D eigenvalue weighted by molar-refractivity contribution is 5.94. The number of ether oxygens (including phenoxy) is 2. The molecule has 20 heavy (non-hydrogen) atoms. The Labute approximate surface area is 120 Å². The number of carbonyl (C=O) groups excluding carboxylic acids is 1. The van der Waals surface area contributed by atoms with Crippen LogP contribution < -0.4 is 0 Å². The van der Waals surface area contributed by atoms with Gasteiger partial charge >= 0.3 is 0 Å². The van der Waals surface area contributed by atoms with Crippen LogP contribution in [0.2, 0.25) is 0 Å². The molecule has 0 unspecified atom stereocenters. The highest BCUT2D eigenvalue weighted by Crippen LogP contribution is 2.33. The molecular formula is C16H23NO3. The van der Waals surface area contributed by atoms with Crippen LogP contribution in [0.25, 0.3) is 0 Å². The van der Waals surface area contributed by atoms with Crippen LogP contribution in [0.15, 0.2) is 24.3 Å². The summed E-state index contributed by atoms with van der Waals surface area (Å²) in [6, 6.07) is 0.188.